The molecule has 0 radical (unpaired) electrons. The van der Waals surface area contributed by atoms with Crippen LogP contribution in [0.3, 0.4) is 0 Å². The monoisotopic (exact) mass is 376 g/mol. The smallest absolute Gasteiger partial charge is 0.227 e. The number of aromatic nitrogens is 2. The molecule has 2 fully saturated rings. The van der Waals surface area contributed by atoms with E-state index in [2.05, 4.69) is 20.6 Å². The van der Waals surface area contributed by atoms with E-state index in [1.54, 1.807) is 0 Å². The van der Waals surface area contributed by atoms with E-state index >= 15 is 0 Å². The molecule has 2 heterocycles. The van der Waals surface area contributed by atoms with Gasteiger partial charge in [0, 0.05) is 29.8 Å². The van der Waals surface area contributed by atoms with Crippen LogP contribution in [0.4, 0.5) is 5.69 Å². The molecule has 2 aromatic carbocycles. The number of benzene rings is 2. The Labute approximate surface area is 163 Å². The summed E-state index contributed by atoms with van der Waals surface area (Å²) in [6.07, 6.45) is 2.93. The van der Waals surface area contributed by atoms with Crippen molar-refractivity contribution in [3.05, 3.63) is 48.5 Å². The third-order valence-corrected chi connectivity index (χ3v) is 5.81. The number of para-hydroxylation sites is 2. The SMILES string of the molecule is O=C(Nc1ccc(-c2nc3ccccc3[nH]2)cc1)[C@H]1CC[C@H]2OCCN[C@@H]2C1. The highest BCUT2D eigenvalue weighted by Crippen LogP contribution is 2.29. The highest BCUT2D eigenvalue weighted by Gasteiger charge is 2.35. The fraction of sp³-hybridized carbons (Fsp3) is 0.364. The minimum atomic E-state index is 0.0329. The number of morpholine rings is 1. The quantitative estimate of drug-likeness (QED) is 0.655. The summed E-state index contributed by atoms with van der Waals surface area (Å²) in [6.45, 7) is 1.65. The molecule has 0 unspecified atom stereocenters. The van der Waals surface area contributed by atoms with Gasteiger partial charge in [0.2, 0.25) is 5.91 Å². The normalized spacial score (nSPS) is 24.6. The summed E-state index contributed by atoms with van der Waals surface area (Å²) in [5, 5.41) is 6.57. The fourth-order valence-electron chi connectivity index (χ4n) is 4.30. The van der Waals surface area contributed by atoms with Gasteiger partial charge in [0.1, 0.15) is 5.82 Å². The van der Waals surface area contributed by atoms with E-state index < -0.39 is 0 Å². The predicted octanol–water partition coefficient (Wildman–Crippen LogP) is 3.33. The minimum Gasteiger partial charge on any atom is -0.375 e. The maximum Gasteiger partial charge on any atom is 0.227 e. The van der Waals surface area contributed by atoms with Crippen molar-refractivity contribution < 1.29 is 9.53 Å². The highest BCUT2D eigenvalue weighted by atomic mass is 16.5. The number of fused-ring (bicyclic) bond motifs is 2. The summed E-state index contributed by atoms with van der Waals surface area (Å²) in [7, 11) is 0. The second-order valence-corrected chi connectivity index (χ2v) is 7.65. The predicted molar refractivity (Wildman–Crippen MR) is 109 cm³/mol. The second kappa shape index (κ2) is 7.37. The molecule has 144 valence electrons. The topological polar surface area (TPSA) is 79.0 Å². The Morgan fingerprint density at radius 3 is 2.82 bits per heavy atom. The van der Waals surface area contributed by atoms with Crippen LogP contribution < -0.4 is 10.6 Å². The molecule has 1 aliphatic heterocycles. The van der Waals surface area contributed by atoms with Crippen LogP contribution >= 0.6 is 0 Å². The summed E-state index contributed by atoms with van der Waals surface area (Å²) in [4.78, 5) is 20.7. The van der Waals surface area contributed by atoms with E-state index in [4.69, 9.17) is 4.74 Å². The third kappa shape index (κ3) is 3.41. The van der Waals surface area contributed by atoms with Crippen molar-refractivity contribution in [1.82, 2.24) is 15.3 Å². The number of anilines is 1. The number of amides is 1. The first kappa shape index (κ1) is 17.4. The Kier molecular flexibility index (Phi) is 4.58. The molecule has 2 aliphatic rings. The van der Waals surface area contributed by atoms with Crippen molar-refractivity contribution in [2.45, 2.75) is 31.4 Å². The van der Waals surface area contributed by atoms with Gasteiger partial charge in [-0.15, -0.1) is 0 Å². The lowest BCUT2D eigenvalue weighted by Crippen LogP contribution is -2.52. The standard InChI is InChI=1S/C22H24N4O2/c27-22(15-7-10-20-19(13-15)23-11-12-28-20)24-16-8-5-14(6-9-16)21-25-17-3-1-2-4-18(17)26-21/h1-6,8-9,15,19-20,23H,7,10-13H2,(H,24,27)(H,25,26)/t15-,19+,20+/m0/s1. The van der Waals surface area contributed by atoms with Crippen molar-refractivity contribution in [2.75, 3.05) is 18.5 Å². The van der Waals surface area contributed by atoms with Crippen LogP contribution in [0.15, 0.2) is 48.5 Å². The Hall–Kier alpha value is -2.70. The van der Waals surface area contributed by atoms with Crippen LogP contribution in [0, 0.1) is 5.92 Å². The van der Waals surface area contributed by atoms with Crippen molar-refractivity contribution >= 4 is 22.6 Å². The van der Waals surface area contributed by atoms with E-state index in [1.807, 2.05) is 48.5 Å². The van der Waals surface area contributed by atoms with Gasteiger partial charge in [-0.1, -0.05) is 12.1 Å². The first-order valence-corrected chi connectivity index (χ1v) is 9.97. The van der Waals surface area contributed by atoms with Gasteiger partial charge in [-0.3, -0.25) is 4.79 Å². The lowest BCUT2D eigenvalue weighted by molar-refractivity contribution is -0.123. The van der Waals surface area contributed by atoms with Crippen LogP contribution in [0.2, 0.25) is 0 Å². The highest BCUT2D eigenvalue weighted by molar-refractivity contribution is 5.93. The number of carbonyl (C=O) groups is 1. The van der Waals surface area contributed by atoms with Gasteiger partial charge in [-0.05, 0) is 55.7 Å². The molecule has 3 N–H and O–H groups in total. The number of nitrogens with zero attached hydrogens (tertiary/aromatic N) is 1. The molecular formula is C22H24N4O2. The molecule has 6 nitrogen and oxygen atoms in total. The Bertz CT molecular complexity index is 949. The van der Waals surface area contributed by atoms with Gasteiger partial charge >= 0.3 is 0 Å². The molecule has 28 heavy (non-hydrogen) atoms. The van der Waals surface area contributed by atoms with E-state index in [0.717, 1.165) is 60.5 Å². The van der Waals surface area contributed by atoms with Gasteiger partial charge in [0.05, 0.1) is 23.7 Å². The third-order valence-electron chi connectivity index (χ3n) is 5.81. The molecule has 0 spiro atoms. The van der Waals surface area contributed by atoms with Crippen molar-refractivity contribution in [3.63, 3.8) is 0 Å². The molecular weight excluding hydrogens is 352 g/mol. The Balaban J connectivity index is 1.25. The van der Waals surface area contributed by atoms with Gasteiger partial charge < -0.3 is 20.4 Å². The van der Waals surface area contributed by atoms with Gasteiger partial charge in [0.25, 0.3) is 0 Å². The fourth-order valence-corrected chi connectivity index (χ4v) is 4.30. The molecule has 1 amide bonds. The summed E-state index contributed by atoms with van der Waals surface area (Å²) in [5.41, 5.74) is 3.79. The van der Waals surface area contributed by atoms with Crippen LogP contribution in [0.25, 0.3) is 22.4 Å². The summed E-state index contributed by atoms with van der Waals surface area (Å²) < 4.78 is 5.80. The molecule has 6 heteroatoms. The molecule has 1 aromatic heterocycles. The number of carbonyl (C=O) groups excluding carboxylic acids is 1. The van der Waals surface area contributed by atoms with Crippen LogP contribution in [0.5, 0.6) is 0 Å². The zero-order chi connectivity index (χ0) is 18.9. The van der Waals surface area contributed by atoms with Crippen LogP contribution in [-0.4, -0.2) is 41.2 Å². The average Bonchev–Trinajstić information content (AvgIpc) is 3.18. The minimum absolute atomic E-state index is 0.0329. The van der Waals surface area contributed by atoms with Gasteiger partial charge in [-0.25, -0.2) is 4.98 Å². The number of imidazole rings is 1. The summed E-state index contributed by atoms with van der Waals surface area (Å²) >= 11 is 0. The summed E-state index contributed by atoms with van der Waals surface area (Å²) in [5.74, 6) is 0.966. The zero-order valence-corrected chi connectivity index (χ0v) is 15.7. The first-order valence-electron chi connectivity index (χ1n) is 9.97. The van der Waals surface area contributed by atoms with Crippen LogP contribution in [-0.2, 0) is 9.53 Å². The van der Waals surface area contributed by atoms with Gasteiger partial charge in [0.15, 0.2) is 0 Å². The number of ether oxygens (including phenoxy) is 1. The molecule has 1 saturated carbocycles. The molecule has 1 saturated heterocycles. The van der Waals surface area contributed by atoms with Crippen molar-refractivity contribution in [1.29, 1.82) is 0 Å². The molecule has 3 aromatic rings. The lowest BCUT2D eigenvalue weighted by atomic mass is 9.82. The Morgan fingerprint density at radius 2 is 1.96 bits per heavy atom. The molecule has 1 aliphatic carbocycles. The van der Waals surface area contributed by atoms with Crippen LogP contribution in [0.1, 0.15) is 19.3 Å². The number of rotatable bonds is 3. The average molecular weight is 376 g/mol. The lowest BCUT2D eigenvalue weighted by Gasteiger charge is -2.39. The number of hydrogen-bond acceptors (Lipinski definition) is 4. The number of nitrogens with one attached hydrogen (secondary N) is 3. The molecule has 3 atom stereocenters. The van der Waals surface area contributed by atoms with Crippen molar-refractivity contribution in [2.24, 2.45) is 5.92 Å². The number of aromatic amines is 1. The van der Waals surface area contributed by atoms with E-state index in [-0.39, 0.29) is 17.9 Å². The molecule has 0 bridgehead atoms. The second-order valence-electron chi connectivity index (χ2n) is 7.65. The zero-order valence-electron chi connectivity index (χ0n) is 15.7. The van der Waals surface area contributed by atoms with Crippen molar-refractivity contribution in [3.8, 4) is 11.4 Å². The van der Waals surface area contributed by atoms with E-state index in [0.29, 0.717) is 6.04 Å². The maximum absolute atomic E-state index is 12.7. The number of H-pyrrole nitrogens is 1. The largest absolute Gasteiger partial charge is 0.375 e. The maximum atomic E-state index is 12.7. The number of hydrogen-bond donors (Lipinski definition) is 3. The van der Waals surface area contributed by atoms with E-state index in [9.17, 15) is 4.79 Å². The Morgan fingerprint density at radius 1 is 1.11 bits per heavy atom. The molecule has 5 rings (SSSR count). The first-order chi connectivity index (χ1) is 13.8. The van der Waals surface area contributed by atoms with Gasteiger partial charge in [-0.2, -0.15) is 0 Å². The summed E-state index contributed by atoms with van der Waals surface area (Å²) in [6, 6.07) is 16.1. The van der Waals surface area contributed by atoms with E-state index in [1.165, 1.54) is 0 Å².